The average molecular weight is 716 g/mol. The summed E-state index contributed by atoms with van der Waals surface area (Å²) in [5.74, 6) is -4.17. The van der Waals surface area contributed by atoms with Crippen LogP contribution in [0.15, 0.2) is 58.5 Å². The van der Waals surface area contributed by atoms with Gasteiger partial charge in [0.2, 0.25) is 23.6 Å². The highest BCUT2D eigenvalue weighted by Gasteiger charge is 2.30. The Morgan fingerprint density at radius 2 is 1.45 bits per heavy atom. The van der Waals surface area contributed by atoms with E-state index in [2.05, 4.69) is 20.6 Å². The number of nitrogens with zero attached hydrogens (tertiary/aromatic N) is 4. The molecule has 0 saturated heterocycles. The summed E-state index contributed by atoms with van der Waals surface area (Å²) in [7, 11) is 0. The molecule has 3 atom stereocenters. The van der Waals surface area contributed by atoms with E-state index in [4.69, 9.17) is 38.6 Å². The molecule has 2 rings (SSSR count). The molecule has 0 aliphatic heterocycles. The van der Waals surface area contributed by atoms with Crippen molar-refractivity contribution in [3.63, 3.8) is 0 Å². The van der Waals surface area contributed by atoms with Gasteiger partial charge in [0.05, 0.1) is 11.5 Å². The van der Waals surface area contributed by atoms with Gasteiger partial charge in [-0.05, 0) is 43.0 Å². The second-order valence-electron chi connectivity index (χ2n) is 10.9. The molecule has 51 heavy (non-hydrogen) atoms. The number of nitro groups is 1. The van der Waals surface area contributed by atoms with E-state index in [1.165, 1.54) is 41.3 Å². The second kappa shape index (κ2) is 21.5. The number of nitrogens with two attached hydrogens (primary N) is 5. The van der Waals surface area contributed by atoms with Crippen LogP contribution in [0.3, 0.4) is 0 Å². The van der Waals surface area contributed by atoms with Gasteiger partial charge in [0.1, 0.15) is 23.9 Å². The van der Waals surface area contributed by atoms with Crippen LogP contribution >= 0.6 is 0 Å². The van der Waals surface area contributed by atoms with Crippen LogP contribution in [0.25, 0.3) is 0 Å². The van der Waals surface area contributed by atoms with Gasteiger partial charge >= 0.3 is 0 Å². The standard InChI is InChI=1S/C29H41N11O7.C2H4O2/c1-2-39(23(25(30)43)15-18-5-9-19(10-6-18)40(46)47)24(42)16-36-26(44)21(4-3-13-35-28(31)32)37-27(45)22(38-29(33)34)14-17-7-11-20(41)12-8-17;1-2(3)4/h5-12,21-23,41H,2-4,13-16H2,1H3,(H2,30,43)(H,36,44)(H,37,45)(H4,31,32,35)(H4,33,34,38);1H3,(H,3,4)/t21-,22+,23-;/m1./s1. The molecule has 0 aromatic heterocycles. The maximum absolute atomic E-state index is 13.3. The minimum atomic E-state index is -1.16. The summed E-state index contributed by atoms with van der Waals surface area (Å²) in [6.45, 7) is 2.38. The van der Waals surface area contributed by atoms with Crippen molar-refractivity contribution < 1.29 is 39.1 Å². The lowest BCUT2D eigenvalue weighted by Crippen LogP contribution is -2.54. The Balaban J connectivity index is 0.00000308. The number of primary amides is 1. The molecule has 0 aliphatic rings. The lowest BCUT2D eigenvalue weighted by Gasteiger charge is -2.29. The molecule has 20 heteroatoms. The van der Waals surface area contributed by atoms with Crippen molar-refractivity contribution in [3.8, 4) is 5.75 Å². The summed E-state index contributed by atoms with van der Waals surface area (Å²) in [5.41, 5.74) is 28.5. The highest BCUT2D eigenvalue weighted by molar-refractivity contribution is 5.94. The van der Waals surface area contributed by atoms with Gasteiger partial charge in [0.15, 0.2) is 11.9 Å². The number of aromatic hydroxyl groups is 1. The fourth-order valence-electron chi connectivity index (χ4n) is 4.57. The van der Waals surface area contributed by atoms with Gasteiger partial charge in [-0.3, -0.25) is 39.1 Å². The summed E-state index contributed by atoms with van der Waals surface area (Å²) in [4.78, 5) is 80.6. The Hall–Kier alpha value is -6.47. The van der Waals surface area contributed by atoms with Crippen LogP contribution in [0.2, 0.25) is 0 Å². The number of amides is 4. The summed E-state index contributed by atoms with van der Waals surface area (Å²) >= 11 is 0. The third kappa shape index (κ3) is 16.5. The van der Waals surface area contributed by atoms with E-state index in [1.807, 2.05) is 0 Å². The number of phenolic OH excluding ortho intramolecular Hbond substituents is 1. The molecule has 14 N–H and O–H groups in total. The van der Waals surface area contributed by atoms with Crippen LogP contribution in [0, 0.1) is 10.1 Å². The number of carboxylic acid groups (broad SMARTS) is 1. The fraction of sp³-hybridized carbons (Fsp3) is 0.387. The zero-order chi connectivity index (χ0) is 38.7. The van der Waals surface area contributed by atoms with E-state index in [1.54, 1.807) is 19.1 Å². The first-order valence-electron chi connectivity index (χ1n) is 15.5. The number of aliphatic imine (C=N–C) groups is 2. The number of rotatable bonds is 18. The molecule has 278 valence electrons. The van der Waals surface area contributed by atoms with E-state index in [9.17, 15) is 34.4 Å². The van der Waals surface area contributed by atoms with E-state index in [0.717, 1.165) is 6.92 Å². The monoisotopic (exact) mass is 715 g/mol. The third-order valence-corrected chi connectivity index (χ3v) is 6.91. The topological polar surface area (TPSA) is 351 Å². The predicted molar refractivity (Wildman–Crippen MR) is 187 cm³/mol. The number of aliphatic carboxylic acids is 1. The zero-order valence-corrected chi connectivity index (χ0v) is 28.2. The number of phenols is 1. The zero-order valence-electron chi connectivity index (χ0n) is 28.2. The first kappa shape index (κ1) is 42.6. The van der Waals surface area contributed by atoms with E-state index in [-0.39, 0.29) is 62.1 Å². The molecule has 0 radical (unpaired) electrons. The van der Waals surface area contributed by atoms with Crippen molar-refractivity contribution in [3.05, 3.63) is 69.8 Å². The molecule has 0 aliphatic carbocycles. The number of benzene rings is 2. The molecule has 0 spiro atoms. The van der Waals surface area contributed by atoms with E-state index >= 15 is 0 Å². The van der Waals surface area contributed by atoms with Crippen molar-refractivity contribution in [1.82, 2.24) is 15.5 Å². The van der Waals surface area contributed by atoms with Gasteiger partial charge in [-0.15, -0.1) is 0 Å². The van der Waals surface area contributed by atoms with Gasteiger partial charge in [-0.25, -0.2) is 4.99 Å². The lowest BCUT2D eigenvalue weighted by atomic mass is 10.0. The normalized spacial score (nSPS) is 12.0. The maximum Gasteiger partial charge on any atom is 0.300 e. The number of guanidine groups is 2. The number of carboxylic acids is 1. The summed E-state index contributed by atoms with van der Waals surface area (Å²) in [6.07, 6.45) is 0.365. The molecular weight excluding hydrogens is 670 g/mol. The molecular formula is C31H45N11O9. The van der Waals surface area contributed by atoms with Crippen molar-refractivity contribution in [1.29, 1.82) is 0 Å². The lowest BCUT2D eigenvalue weighted by molar-refractivity contribution is -0.384. The van der Waals surface area contributed by atoms with Crippen LogP contribution in [0.5, 0.6) is 5.75 Å². The van der Waals surface area contributed by atoms with Crippen LogP contribution in [0.4, 0.5) is 5.69 Å². The number of hydrogen-bond acceptors (Lipinski definition) is 10. The van der Waals surface area contributed by atoms with Crippen molar-refractivity contribution in [2.24, 2.45) is 38.7 Å². The summed E-state index contributed by atoms with van der Waals surface area (Å²) in [6, 6.07) is 8.10. The van der Waals surface area contributed by atoms with E-state index in [0.29, 0.717) is 11.1 Å². The van der Waals surface area contributed by atoms with Crippen molar-refractivity contribution in [2.45, 2.75) is 57.7 Å². The Bertz CT molecular complexity index is 1550. The molecule has 0 saturated carbocycles. The number of non-ortho nitro benzene ring substituents is 1. The van der Waals surface area contributed by atoms with Crippen LogP contribution < -0.4 is 39.3 Å². The number of nitrogens with one attached hydrogen (secondary N) is 2. The SMILES string of the molecule is CC(=O)O.CCN(C(=O)CNC(=O)[C@@H](CCCN=C(N)N)NC(=O)[C@H](Cc1ccc(O)cc1)N=C(N)N)[C@H](Cc1ccc([N+](=O)[O-])cc1)C(N)=O. The Labute approximate surface area is 293 Å². The first-order chi connectivity index (χ1) is 23.9. The predicted octanol–water partition coefficient (Wildman–Crippen LogP) is -1.82. The van der Waals surface area contributed by atoms with Crippen LogP contribution in [-0.2, 0) is 36.8 Å². The van der Waals surface area contributed by atoms with Crippen LogP contribution in [-0.4, -0.2) is 99.3 Å². The number of hydrogen-bond donors (Lipinski definition) is 9. The highest BCUT2D eigenvalue weighted by atomic mass is 16.6. The molecule has 0 fully saturated rings. The Morgan fingerprint density at radius 3 is 1.94 bits per heavy atom. The summed E-state index contributed by atoms with van der Waals surface area (Å²) < 4.78 is 0. The molecule has 2 aromatic carbocycles. The highest BCUT2D eigenvalue weighted by Crippen LogP contribution is 2.16. The van der Waals surface area contributed by atoms with Gasteiger partial charge in [-0.1, -0.05) is 24.3 Å². The number of carbonyl (C=O) groups excluding carboxylic acids is 4. The molecule has 20 nitrogen and oxygen atoms in total. The molecule has 0 bridgehead atoms. The molecule has 0 unspecified atom stereocenters. The number of carbonyl (C=O) groups is 5. The van der Waals surface area contributed by atoms with E-state index < -0.39 is 59.2 Å². The maximum atomic E-state index is 13.3. The number of likely N-dealkylation sites (N-methyl/N-ethyl adjacent to an activating group) is 1. The van der Waals surface area contributed by atoms with Gasteiger partial charge < -0.3 is 54.4 Å². The summed E-state index contributed by atoms with van der Waals surface area (Å²) in [5, 5.41) is 33.1. The Morgan fingerprint density at radius 1 is 0.902 bits per heavy atom. The molecule has 2 aromatic rings. The minimum absolute atomic E-state index is 0.0163. The van der Waals surface area contributed by atoms with Crippen molar-refractivity contribution >= 4 is 47.2 Å². The van der Waals surface area contributed by atoms with Gasteiger partial charge in [0, 0.05) is 45.0 Å². The largest absolute Gasteiger partial charge is 0.508 e. The quantitative estimate of drug-likeness (QED) is 0.0270. The van der Waals surface area contributed by atoms with Crippen molar-refractivity contribution in [2.75, 3.05) is 19.6 Å². The van der Waals surface area contributed by atoms with Gasteiger partial charge in [-0.2, -0.15) is 0 Å². The second-order valence-corrected chi connectivity index (χ2v) is 10.9. The third-order valence-electron chi connectivity index (χ3n) is 6.91. The Kier molecular flexibility index (Phi) is 17.9. The molecule has 0 heterocycles. The van der Waals surface area contributed by atoms with Crippen LogP contribution in [0.1, 0.15) is 37.8 Å². The minimum Gasteiger partial charge on any atom is -0.508 e. The number of nitro benzene ring substituents is 1. The fourth-order valence-corrected chi connectivity index (χ4v) is 4.57. The smallest absolute Gasteiger partial charge is 0.300 e. The first-order valence-corrected chi connectivity index (χ1v) is 15.5. The molecule has 4 amide bonds. The van der Waals surface area contributed by atoms with Gasteiger partial charge in [0.25, 0.3) is 11.7 Å². The average Bonchev–Trinajstić information content (AvgIpc) is 3.05.